The van der Waals surface area contributed by atoms with Gasteiger partial charge in [-0.15, -0.1) is 11.6 Å². The second kappa shape index (κ2) is 13.1. The van der Waals surface area contributed by atoms with Crippen LogP contribution in [0.15, 0.2) is 12.2 Å². The van der Waals surface area contributed by atoms with E-state index in [-0.39, 0.29) is 22.9 Å². The molecule has 4 nitrogen and oxygen atoms in total. The van der Waals surface area contributed by atoms with E-state index in [1.54, 1.807) is 6.92 Å². The molecule has 0 aliphatic carbocycles. The van der Waals surface area contributed by atoms with Gasteiger partial charge in [0.25, 0.3) is 0 Å². The Kier molecular flexibility index (Phi) is 19.2. The zero-order chi connectivity index (χ0) is 9.28. The molecule has 0 amide bonds. The number of rotatable bonds is 2. The summed E-state index contributed by atoms with van der Waals surface area (Å²) in [5.41, 5.74) is 0. The number of alkyl halides is 1. The van der Waals surface area contributed by atoms with Crippen molar-refractivity contribution in [3.05, 3.63) is 12.2 Å². The van der Waals surface area contributed by atoms with Crippen molar-refractivity contribution in [2.45, 2.75) is 6.92 Å². The fourth-order valence-electron chi connectivity index (χ4n) is 0.143. The summed E-state index contributed by atoms with van der Waals surface area (Å²) < 4.78 is 0. The molecular formula is C6H9ClCuO4. The summed E-state index contributed by atoms with van der Waals surface area (Å²) in [6, 6.07) is 0. The average molecular weight is 244 g/mol. The maximum Gasteiger partial charge on any atom is 0.327 e. The molecule has 2 N–H and O–H groups in total. The molecule has 0 aromatic heterocycles. The summed E-state index contributed by atoms with van der Waals surface area (Å²) in [6.45, 7) is 1.66. The summed E-state index contributed by atoms with van der Waals surface area (Å²) in [4.78, 5) is 18.7. The largest absolute Gasteiger partial charge is 0.480 e. The van der Waals surface area contributed by atoms with E-state index in [2.05, 4.69) is 0 Å². The first-order valence-corrected chi connectivity index (χ1v) is 3.21. The second-order valence-electron chi connectivity index (χ2n) is 1.37. The Bertz CT molecular complexity index is 158. The summed E-state index contributed by atoms with van der Waals surface area (Å²) in [5, 5.41) is 15.4. The Balaban J connectivity index is -0.000000126. The predicted molar refractivity (Wildman–Crippen MR) is 40.8 cm³/mol. The van der Waals surface area contributed by atoms with Crippen molar-refractivity contribution in [1.82, 2.24) is 0 Å². The molecule has 0 aliphatic rings. The fraction of sp³-hybridized carbons (Fsp3) is 0.333. The molecule has 0 saturated heterocycles. The molecule has 0 bridgehead atoms. The van der Waals surface area contributed by atoms with Gasteiger partial charge in [0.1, 0.15) is 5.88 Å². The number of hydrogen-bond acceptors (Lipinski definition) is 2. The van der Waals surface area contributed by atoms with E-state index >= 15 is 0 Å². The van der Waals surface area contributed by atoms with Crippen LogP contribution in [0, 0.1) is 0 Å². The number of halogens is 1. The summed E-state index contributed by atoms with van der Waals surface area (Å²) in [5.74, 6) is -2.18. The van der Waals surface area contributed by atoms with Crippen molar-refractivity contribution in [3.8, 4) is 0 Å². The maximum absolute atomic E-state index is 9.51. The molecule has 0 fully saturated rings. The number of hydrogen-bond donors (Lipinski definition) is 2. The molecule has 12 heavy (non-hydrogen) atoms. The van der Waals surface area contributed by atoms with Gasteiger partial charge in [0.05, 0.1) is 0 Å². The van der Waals surface area contributed by atoms with Crippen molar-refractivity contribution in [3.63, 3.8) is 0 Å². The summed E-state index contributed by atoms with van der Waals surface area (Å²) in [7, 11) is 0. The van der Waals surface area contributed by atoms with Gasteiger partial charge in [-0.1, -0.05) is 6.08 Å². The van der Waals surface area contributed by atoms with Crippen LogP contribution in [0.1, 0.15) is 6.92 Å². The minimum absolute atomic E-state index is 0. The van der Waals surface area contributed by atoms with Crippen LogP contribution >= 0.6 is 11.6 Å². The number of carbonyl (C=O) groups is 2. The average Bonchev–Trinajstić information content (AvgIpc) is 1.89. The van der Waals surface area contributed by atoms with Crippen LogP contribution in [0.25, 0.3) is 0 Å². The van der Waals surface area contributed by atoms with Crippen LogP contribution in [0.4, 0.5) is 0 Å². The smallest absolute Gasteiger partial charge is 0.327 e. The third-order valence-corrected chi connectivity index (χ3v) is 0.652. The molecule has 1 radical (unpaired) electrons. The van der Waals surface area contributed by atoms with E-state index in [0.29, 0.717) is 0 Å². The van der Waals surface area contributed by atoms with Crippen molar-refractivity contribution in [2.24, 2.45) is 0 Å². The Morgan fingerprint density at radius 3 is 1.75 bits per heavy atom. The van der Waals surface area contributed by atoms with Gasteiger partial charge < -0.3 is 10.2 Å². The van der Waals surface area contributed by atoms with Crippen LogP contribution < -0.4 is 0 Å². The molecule has 0 saturated carbocycles. The van der Waals surface area contributed by atoms with E-state index in [0.717, 1.165) is 6.08 Å². The topological polar surface area (TPSA) is 74.6 Å². The zero-order valence-corrected chi connectivity index (χ0v) is 7.95. The van der Waals surface area contributed by atoms with E-state index in [1.807, 2.05) is 0 Å². The fourth-order valence-corrected chi connectivity index (χ4v) is 0.143. The summed E-state index contributed by atoms with van der Waals surface area (Å²) in [6.07, 6.45) is 2.56. The van der Waals surface area contributed by atoms with Gasteiger partial charge in [0, 0.05) is 23.1 Å². The second-order valence-corrected chi connectivity index (χ2v) is 1.63. The van der Waals surface area contributed by atoms with Crippen LogP contribution in [0.5, 0.6) is 0 Å². The van der Waals surface area contributed by atoms with Crippen molar-refractivity contribution in [2.75, 3.05) is 5.88 Å². The van der Waals surface area contributed by atoms with Gasteiger partial charge in [-0.3, -0.25) is 4.79 Å². The molecule has 0 spiro atoms. The van der Waals surface area contributed by atoms with E-state index < -0.39 is 11.9 Å². The van der Waals surface area contributed by atoms with Crippen molar-refractivity contribution in [1.29, 1.82) is 0 Å². The molecule has 6 heteroatoms. The summed E-state index contributed by atoms with van der Waals surface area (Å²) >= 11 is 4.74. The molecule has 0 heterocycles. The Labute approximate surface area is 85.7 Å². The first-order chi connectivity index (χ1) is 5.04. The van der Waals surface area contributed by atoms with Crippen LogP contribution in [0.2, 0.25) is 0 Å². The molecule has 0 aromatic rings. The van der Waals surface area contributed by atoms with Crippen molar-refractivity contribution < 1.29 is 36.9 Å². The van der Waals surface area contributed by atoms with Crippen LogP contribution in [-0.4, -0.2) is 28.0 Å². The molecule has 75 valence electrons. The molecule has 0 unspecified atom stereocenters. The minimum Gasteiger partial charge on any atom is -0.480 e. The number of carboxylic acid groups (broad SMARTS) is 2. The van der Waals surface area contributed by atoms with Gasteiger partial charge in [0.15, 0.2) is 0 Å². The van der Waals surface area contributed by atoms with Gasteiger partial charge in [-0.05, 0) is 6.92 Å². The molecule has 0 aromatic carbocycles. The molecule has 0 atom stereocenters. The van der Waals surface area contributed by atoms with Crippen molar-refractivity contribution >= 4 is 23.5 Å². The van der Waals surface area contributed by atoms with Crippen LogP contribution in [-0.2, 0) is 26.7 Å². The Morgan fingerprint density at radius 1 is 1.42 bits per heavy atom. The zero-order valence-electron chi connectivity index (χ0n) is 6.25. The van der Waals surface area contributed by atoms with Gasteiger partial charge >= 0.3 is 11.9 Å². The SMILES string of the molecule is CC=CC(=O)O.O=C(O)CCl.[Cu]. The quantitative estimate of drug-likeness (QED) is 0.431. The van der Waals surface area contributed by atoms with E-state index in [1.165, 1.54) is 6.08 Å². The predicted octanol–water partition coefficient (Wildman–Crippen LogP) is 0.954. The number of allylic oxidation sites excluding steroid dienone is 1. The molecule has 0 aliphatic heterocycles. The van der Waals surface area contributed by atoms with Gasteiger partial charge in [0.2, 0.25) is 0 Å². The standard InChI is InChI=1S/C4H6O2.C2H3ClO2.Cu/c1-2-3-4(5)6;3-1-2(4)5;/h2-3H,1H3,(H,5,6);1H2,(H,4,5);. The first-order valence-electron chi connectivity index (χ1n) is 2.68. The van der Waals surface area contributed by atoms with Gasteiger partial charge in [-0.2, -0.15) is 0 Å². The van der Waals surface area contributed by atoms with E-state index in [4.69, 9.17) is 21.8 Å². The molecular weight excluding hydrogens is 235 g/mol. The maximum atomic E-state index is 9.51. The first kappa shape index (κ1) is 17.5. The Hall–Kier alpha value is -0.511. The third kappa shape index (κ3) is 33.9. The van der Waals surface area contributed by atoms with Crippen LogP contribution in [0.3, 0.4) is 0 Å². The van der Waals surface area contributed by atoms with E-state index in [9.17, 15) is 9.59 Å². The van der Waals surface area contributed by atoms with Gasteiger partial charge in [-0.25, -0.2) is 4.79 Å². The third-order valence-electron chi connectivity index (χ3n) is 0.424. The Morgan fingerprint density at radius 2 is 1.75 bits per heavy atom. The number of carboxylic acids is 2. The normalized spacial score (nSPS) is 7.83. The monoisotopic (exact) mass is 243 g/mol. The number of aliphatic carboxylic acids is 2. The minimum atomic E-state index is -0.980. The molecule has 0 rings (SSSR count).